The Balaban J connectivity index is 1.62. The van der Waals surface area contributed by atoms with Crippen LogP contribution in [0.1, 0.15) is 15.9 Å². The van der Waals surface area contributed by atoms with Crippen LogP contribution >= 0.6 is 11.3 Å². The van der Waals surface area contributed by atoms with Crippen molar-refractivity contribution in [1.82, 2.24) is 10.3 Å². The Morgan fingerprint density at radius 1 is 1.17 bits per heavy atom. The third-order valence-corrected chi connectivity index (χ3v) is 5.83. The molecule has 0 aliphatic carbocycles. The van der Waals surface area contributed by atoms with Gasteiger partial charge in [0, 0.05) is 23.7 Å². The lowest BCUT2D eigenvalue weighted by Crippen LogP contribution is -2.23. The van der Waals surface area contributed by atoms with Crippen molar-refractivity contribution in [3.8, 4) is 5.75 Å². The Kier molecular flexibility index (Phi) is 6.39. The lowest BCUT2D eigenvalue weighted by atomic mass is 10.2. The Morgan fingerprint density at radius 2 is 1.93 bits per heavy atom. The lowest BCUT2D eigenvalue weighted by molar-refractivity contribution is -0.0498. The molecule has 1 heterocycles. The van der Waals surface area contributed by atoms with Gasteiger partial charge in [-0.05, 0) is 42.0 Å². The van der Waals surface area contributed by atoms with Crippen LogP contribution in [0.25, 0.3) is 0 Å². The van der Waals surface area contributed by atoms with E-state index in [1.807, 2.05) is 0 Å². The summed E-state index contributed by atoms with van der Waals surface area (Å²) < 4.78 is 55.8. The zero-order valence-electron chi connectivity index (χ0n) is 14.7. The topological polar surface area (TPSA) is 97.4 Å². The van der Waals surface area contributed by atoms with Gasteiger partial charge in [-0.15, -0.1) is 11.3 Å². The number of sulfonamides is 1. The maximum atomic E-state index is 12.3. The monoisotopic (exact) mass is 439 g/mol. The van der Waals surface area contributed by atoms with E-state index >= 15 is 0 Å². The molecule has 1 aromatic heterocycles. The summed E-state index contributed by atoms with van der Waals surface area (Å²) in [5, 5.41) is 4.52. The molecule has 152 valence electrons. The number of aromatic nitrogens is 1. The van der Waals surface area contributed by atoms with Crippen molar-refractivity contribution in [2.24, 2.45) is 0 Å². The number of ether oxygens (including phenoxy) is 1. The van der Waals surface area contributed by atoms with Crippen LogP contribution in [0.3, 0.4) is 0 Å². The number of nitrogens with zero attached hydrogens (tertiary/aromatic N) is 1. The van der Waals surface area contributed by atoms with Gasteiger partial charge in [0.15, 0.2) is 5.13 Å². The standard InChI is InChI=1S/C18H15F2N3O4S2/c19-17(20)27-14-3-1-2-12(10-14)11-22-16(24)13-4-6-15(7-5-13)29(25,26)23-18-21-8-9-28-18/h1-10,17H,11H2,(H,21,23)(H,22,24). The number of carbonyl (C=O) groups is 1. The lowest BCUT2D eigenvalue weighted by Gasteiger charge is -2.09. The molecule has 0 fully saturated rings. The molecule has 3 rings (SSSR count). The van der Waals surface area contributed by atoms with Crippen molar-refractivity contribution in [2.75, 3.05) is 4.72 Å². The van der Waals surface area contributed by atoms with Crippen molar-refractivity contribution in [1.29, 1.82) is 0 Å². The molecule has 2 aromatic carbocycles. The van der Waals surface area contributed by atoms with Gasteiger partial charge < -0.3 is 10.1 Å². The smallest absolute Gasteiger partial charge is 0.387 e. The van der Waals surface area contributed by atoms with Crippen LogP contribution in [0.4, 0.5) is 13.9 Å². The summed E-state index contributed by atoms with van der Waals surface area (Å²) >= 11 is 1.15. The zero-order chi connectivity index (χ0) is 20.9. The van der Waals surface area contributed by atoms with Gasteiger partial charge >= 0.3 is 6.61 Å². The van der Waals surface area contributed by atoms with Crippen LogP contribution in [0.5, 0.6) is 5.75 Å². The highest BCUT2D eigenvalue weighted by Gasteiger charge is 2.16. The Morgan fingerprint density at radius 3 is 2.59 bits per heavy atom. The van der Waals surface area contributed by atoms with Crippen LogP contribution in [-0.2, 0) is 16.6 Å². The van der Waals surface area contributed by atoms with E-state index in [0.29, 0.717) is 5.56 Å². The summed E-state index contributed by atoms with van der Waals surface area (Å²) in [7, 11) is -3.80. The van der Waals surface area contributed by atoms with Gasteiger partial charge in [-0.2, -0.15) is 8.78 Å². The van der Waals surface area contributed by atoms with Crippen LogP contribution in [0.2, 0.25) is 0 Å². The van der Waals surface area contributed by atoms with Gasteiger partial charge in [0.25, 0.3) is 15.9 Å². The molecule has 0 aliphatic rings. The predicted molar refractivity (Wildman–Crippen MR) is 104 cm³/mol. The Labute approximate surface area is 169 Å². The maximum absolute atomic E-state index is 12.3. The number of halogens is 2. The minimum atomic E-state index is -3.80. The summed E-state index contributed by atoms with van der Waals surface area (Å²) in [4.78, 5) is 16.1. The highest BCUT2D eigenvalue weighted by molar-refractivity contribution is 7.93. The van der Waals surface area contributed by atoms with Crippen LogP contribution in [0.15, 0.2) is 65.0 Å². The van der Waals surface area contributed by atoms with Crippen molar-refractivity contribution in [3.63, 3.8) is 0 Å². The third-order valence-electron chi connectivity index (χ3n) is 3.66. The number of hydrogen-bond acceptors (Lipinski definition) is 6. The second kappa shape index (κ2) is 8.97. The van der Waals surface area contributed by atoms with E-state index in [2.05, 4.69) is 19.8 Å². The van der Waals surface area contributed by atoms with Crippen LogP contribution in [-0.4, -0.2) is 25.9 Å². The van der Waals surface area contributed by atoms with E-state index in [-0.39, 0.29) is 27.9 Å². The number of carbonyl (C=O) groups excluding carboxylic acids is 1. The van der Waals surface area contributed by atoms with E-state index in [0.717, 1.165) is 11.3 Å². The molecule has 0 spiro atoms. The van der Waals surface area contributed by atoms with Crippen LogP contribution < -0.4 is 14.8 Å². The highest BCUT2D eigenvalue weighted by atomic mass is 32.2. The second-order valence-corrected chi connectivity index (χ2v) is 8.25. The number of alkyl halides is 2. The highest BCUT2D eigenvalue weighted by Crippen LogP contribution is 2.19. The molecule has 0 unspecified atom stereocenters. The molecule has 0 bridgehead atoms. The first-order valence-corrected chi connectivity index (χ1v) is 10.5. The molecule has 1 amide bonds. The van der Waals surface area contributed by atoms with Crippen molar-refractivity contribution < 1.29 is 26.7 Å². The largest absolute Gasteiger partial charge is 0.435 e. The first-order valence-electron chi connectivity index (χ1n) is 8.18. The summed E-state index contributed by atoms with van der Waals surface area (Å²) in [6, 6.07) is 11.3. The van der Waals surface area contributed by atoms with Crippen molar-refractivity contribution >= 4 is 32.4 Å². The maximum Gasteiger partial charge on any atom is 0.387 e. The van der Waals surface area contributed by atoms with E-state index in [9.17, 15) is 22.0 Å². The van der Waals surface area contributed by atoms with E-state index in [1.54, 1.807) is 11.4 Å². The minimum Gasteiger partial charge on any atom is -0.435 e. The van der Waals surface area contributed by atoms with Crippen molar-refractivity contribution in [3.05, 3.63) is 71.2 Å². The molecule has 0 atom stereocenters. The number of benzene rings is 2. The summed E-state index contributed by atoms with van der Waals surface area (Å²) in [6.45, 7) is -2.84. The number of anilines is 1. The molecule has 3 aromatic rings. The molecule has 0 aliphatic heterocycles. The third kappa shape index (κ3) is 5.72. The van der Waals surface area contributed by atoms with Crippen LogP contribution in [0, 0.1) is 0 Å². The summed E-state index contributed by atoms with van der Waals surface area (Å²) in [6.07, 6.45) is 1.48. The normalized spacial score (nSPS) is 11.3. The average molecular weight is 439 g/mol. The van der Waals surface area contributed by atoms with E-state index in [4.69, 9.17) is 0 Å². The number of rotatable bonds is 8. The SMILES string of the molecule is O=C(NCc1cccc(OC(F)F)c1)c1ccc(S(=O)(=O)Nc2nccs2)cc1. The molecule has 0 saturated heterocycles. The predicted octanol–water partition coefficient (Wildman–Crippen LogP) is 3.48. The fourth-order valence-electron chi connectivity index (χ4n) is 2.35. The first kappa shape index (κ1) is 20.7. The number of amides is 1. The molecule has 0 saturated carbocycles. The molecule has 0 radical (unpaired) electrons. The zero-order valence-corrected chi connectivity index (χ0v) is 16.3. The van der Waals surface area contributed by atoms with Gasteiger partial charge in [0.2, 0.25) is 0 Å². The number of nitrogens with one attached hydrogen (secondary N) is 2. The first-order chi connectivity index (χ1) is 13.8. The molecular formula is C18H15F2N3O4S2. The summed E-state index contributed by atoms with van der Waals surface area (Å²) in [5.74, 6) is -0.448. The quantitative estimate of drug-likeness (QED) is 0.560. The minimum absolute atomic E-state index is 0.00552. The molecule has 11 heteroatoms. The van der Waals surface area contributed by atoms with E-state index in [1.165, 1.54) is 48.7 Å². The Bertz CT molecular complexity index is 1070. The number of hydrogen-bond donors (Lipinski definition) is 2. The Hall–Kier alpha value is -3.05. The average Bonchev–Trinajstić information content (AvgIpc) is 3.18. The molecule has 7 nitrogen and oxygen atoms in total. The fraction of sp³-hybridized carbons (Fsp3) is 0.111. The second-order valence-electron chi connectivity index (χ2n) is 5.68. The molecule has 2 N–H and O–H groups in total. The van der Waals surface area contributed by atoms with Gasteiger partial charge in [-0.1, -0.05) is 12.1 Å². The fourth-order valence-corrected chi connectivity index (χ4v) is 4.14. The van der Waals surface area contributed by atoms with E-state index < -0.39 is 22.5 Å². The summed E-state index contributed by atoms with van der Waals surface area (Å²) in [5.41, 5.74) is 0.821. The van der Waals surface area contributed by atoms with Gasteiger partial charge in [0.05, 0.1) is 4.90 Å². The number of thiazole rings is 1. The molecular weight excluding hydrogens is 424 g/mol. The van der Waals surface area contributed by atoms with Crippen molar-refractivity contribution in [2.45, 2.75) is 18.1 Å². The van der Waals surface area contributed by atoms with Gasteiger partial charge in [0.1, 0.15) is 5.75 Å². The molecule has 29 heavy (non-hydrogen) atoms. The van der Waals surface area contributed by atoms with Gasteiger partial charge in [-0.3, -0.25) is 9.52 Å². The van der Waals surface area contributed by atoms with Gasteiger partial charge in [-0.25, -0.2) is 13.4 Å².